The van der Waals surface area contributed by atoms with E-state index in [4.69, 9.17) is 16.7 Å². The van der Waals surface area contributed by atoms with Gasteiger partial charge < -0.3 is 5.11 Å². The van der Waals surface area contributed by atoms with E-state index in [0.717, 1.165) is 4.47 Å². The van der Waals surface area contributed by atoms with Crippen LogP contribution in [0.15, 0.2) is 16.7 Å². The maximum atomic E-state index is 11.7. The summed E-state index contributed by atoms with van der Waals surface area (Å²) in [5.74, 6) is 0.399. The summed E-state index contributed by atoms with van der Waals surface area (Å²) in [6, 6.07) is 1.70. The number of carbonyl (C=O) groups is 1. The van der Waals surface area contributed by atoms with Gasteiger partial charge in [-0.3, -0.25) is 9.69 Å². The van der Waals surface area contributed by atoms with Crippen LogP contribution in [0.1, 0.15) is 6.42 Å². The lowest BCUT2D eigenvalue weighted by Gasteiger charge is -2.16. The van der Waals surface area contributed by atoms with Crippen LogP contribution in [-0.2, 0) is 4.79 Å². The molecule has 0 bridgehead atoms. The van der Waals surface area contributed by atoms with Gasteiger partial charge in [-0.15, -0.1) is 0 Å². The summed E-state index contributed by atoms with van der Waals surface area (Å²) in [7, 11) is 0. The Hall–Kier alpha value is -0.650. The van der Waals surface area contributed by atoms with Crippen LogP contribution in [0.5, 0.6) is 0 Å². The van der Waals surface area contributed by atoms with Crippen molar-refractivity contribution >= 4 is 39.3 Å². The van der Waals surface area contributed by atoms with Crippen molar-refractivity contribution in [1.29, 1.82) is 0 Å². The predicted octanol–water partition coefficient (Wildman–Crippen LogP) is 1.84. The van der Waals surface area contributed by atoms with Gasteiger partial charge in [0.15, 0.2) is 5.82 Å². The second-order valence-corrected chi connectivity index (χ2v) is 5.04. The molecule has 1 fully saturated rings. The number of hydrogen-bond acceptors (Lipinski definition) is 3. The van der Waals surface area contributed by atoms with Gasteiger partial charge in [-0.25, -0.2) is 4.98 Å². The van der Waals surface area contributed by atoms with Crippen molar-refractivity contribution in [3.05, 3.63) is 21.8 Å². The van der Waals surface area contributed by atoms with Crippen molar-refractivity contribution in [2.75, 3.05) is 18.1 Å². The average Bonchev–Trinajstić information content (AvgIpc) is 2.60. The Kier molecular flexibility index (Phi) is 3.47. The number of hydrogen-bond donors (Lipinski definition) is 1. The minimum absolute atomic E-state index is 0.0103. The van der Waals surface area contributed by atoms with Gasteiger partial charge in [-0.05, 0) is 22.0 Å². The predicted molar refractivity (Wildman–Crippen MR) is 64.5 cm³/mol. The molecule has 16 heavy (non-hydrogen) atoms. The largest absolute Gasteiger partial charge is 0.396 e. The highest BCUT2D eigenvalue weighted by atomic mass is 79.9. The summed E-state index contributed by atoms with van der Waals surface area (Å²) in [4.78, 5) is 17.3. The number of aliphatic hydroxyl groups is 1. The first-order chi connectivity index (χ1) is 7.61. The van der Waals surface area contributed by atoms with Crippen molar-refractivity contribution in [2.24, 2.45) is 5.92 Å². The van der Waals surface area contributed by atoms with E-state index >= 15 is 0 Å². The number of anilines is 1. The number of pyridine rings is 1. The van der Waals surface area contributed by atoms with Crippen LogP contribution >= 0.6 is 27.5 Å². The number of aliphatic hydroxyl groups excluding tert-OH is 1. The molecule has 2 heterocycles. The molecule has 0 spiro atoms. The van der Waals surface area contributed by atoms with Gasteiger partial charge in [-0.2, -0.15) is 0 Å². The van der Waals surface area contributed by atoms with Crippen LogP contribution in [-0.4, -0.2) is 29.1 Å². The number of nitrogens with zero attached hydrogens (tertiary/aromatic N) is 2. The van der Waals surface area contributed by atoms with Crippen molar-refractivity contribution < 1.29 is 9.90 Å². The van der Waals surface area contributed by atoms with Crippen LogP contribution in [0.2, 0.25) is 5.02 Å². The summed E-state index contributed by atoms with van der Waals surface area (Å²) in [5.41, 5.74) is 0. The van der Waals surface area contributed by atoms with Gasteiger partial charge in [0.2, 0.25) is 5.91 Å². The molecule has 1 aromatic heterocycles. The Labute approximate surface area is 106 Å². The molecule has 1 aromatic rings. The maximum absolute atomic E-state index is 11.7. The van der Waals surface area contributed by atoms with E-state index in [-0.39, 0.29) is 18.4 Å². The standard InChI is InChI=1S/C10H10BrClN2O2/c11-7-2-8(12)10(13-3-7)14-4-6(5-15)1-9(14)16/h2-3,6,15H,1,4-5H2. The second-order valence-electron chi connectivity index (χ2n) is 3.72. The van der Waals surface area contributed by atoms with Crippen LogP contribution in [0, 0.1) is 5.92 Å². The van der Waals surface area contributed by atoms with Crippen molar-refractivity contribution in [3.8, 4) is 0 Å². The third-order valence-corrected chi connectivity index (χ3v) is 3.22. The number of halogens is 2. The number of carbonyl (C=O) groups excluding carboxylic acids is 1. The van der Waals surface area contributed by atoms with Gasteiger partial charge in [0.05, 0.1) is 5.02 Å². The Morgan fingerprint density at radius 2 is 2.44 bits per heavy atom. The van der Waals surface area contributed by atoms with E-state index in [1.807, 2.05) is 0 Å². The summed E-state index contributed by atoms with van der Waals surface area (Å²) in [6.07, 6.45) is 1.95. The smallest absolute Gasteiger partial charge is 0.228 e. The highest BCUT2D eigenvalue weighted by molar-refractivity contribution is 9.10. The van der Waals surface area contributed by atoms with Gasteiger partial charge >= 0.3 is 0 Å². The molecule has 0 saturated carbocycles. The molecule has 86 valence electrons. The molecule has 0 aliphatic carbocycles. The van der Waals surface area contributed by atoms with E-state index in [2.05, 4.69) is 20.9 Å². The van der Waals surface area contributed by atoms with Crippen molar-refractivity contribution in [1.82, 2.24) is 4.98 Å². The van der Waals surface area contributed by atoms with Gasteiger partial charge in [0.25, 0.3) is 0 Å². The van der Waals surface area contributed by atoms with Gasteiger partial charge in [-0.1, -0.05) is 11.6 Å². The van der Waals surface area contributed by atoms with Gasteiger partial charge in [0.1, 0.15) is 0 Å². The molecule has 1 saturated heterocycles. The lowest BCUT2D eigenvalue weighted by Crippen LogP contribution is -2.26. The molecule has 1 unspecified atom stereocenters. The van der Waals surface area contributed by atoms with Crippen LogP contribution < -0.4 is 4.90 Å². The third kappa shape index (κ3) is 2.21. The number of rotatable bonds is 2. The Morgan fingerprint density at radius 1 is 1.69 bits per heavy atom. The van der Waals surface area contributed by atoms with Crippen molar-refractivity contribution in [2.45, 2.75) is 6.42 Å². The molecule has 1 amide bonds. The minimum atomic E-state index is -0.0456. The SMILES string of the molecule is O=C1CC(CO)CN1c1ncc(Br)cc1Cl. The fourth-order valence-corrected chi connectivity index (χ4v) is 2.45. The van der Waals surface area contributed by atoms with E-state index in [0.29, 0.717) is 23.8 Å². The third-order valence-electron chi connectivity index (χ3n) is 2.51. The van der Waals surface area contributed by atoms with E-state index in [9.17, 15) is 4.79 Å². The fourth-order valence-electron chi connectivity index (χ4n) is 1.71. The molecule has 2 rings (SSSR count). The molecule has 4 nitrogen and oxygen atoms in total. The fraction of sp³-hybridized carbons (Fsp3) is 0.400. The molecule has 1 aliphatic rings. The zero-order chi connectivity index (χ0) is 11.7. The second kappa shape index (κ2) is 4.69. The van der Waals surface area contributed by atoms with Gasteiger partial charge in [0, 0.05) is 36.2 Å². The zero-order valence-corrected chi connectivity index (χ0v) is 10.7. The average molecular weight is 306 g/mol. The first-order valence-corrected chi connectivity index (χ1v) is 6.01. The molecule has 1 N–H and O–H groups in total. The molecule has 0 aromatic carbocycles. The molecular weight excluding hydrogens is 295 g/mol. The maximum Gasteiger partial charge on any atom is 0.228 e. The number of amides is 1. The van der Waals surface area contributed by atoms with E-state index in [1.165, 1.54) is 4.90 Å². The molecular formula is C10H10BrClN2O2. The quantitative estimate of drug-likeness (QED) is 0.907. The molecule has 0 radical (unpaired) electrons. The highest BCUT2D eigenvalue weighted by Crippen LogP contribution is 2.30. The molecule has 1 atom stereocenters. The zero-order valence-electron chi connectivity index (χ0n) is 8.36. The highest BCUT2D eigenvalue weighted by Gasteiger charge is 2.31. The molecule has 1 aliphatic heterocycles. The summed E-state index contributed by atoms with van der Waals surface area (Å²) >= 11 is 9.27. The van der Waals surface area contributed by atoms with E-state index < -0.39 is 0 Å². The summed E-state index contributed by atoms with van der Waals surface area (Å²) in [6.45, 7) is 0.486. The normalized spacial score (nSPS) is 20.6. The first-order valence-electron chi connectivity index (χ1n) is 4.84. The lowest BCUT2D eigenvalue weighted by atomic mass is 10.1. The Balaban J connectivity index is 2.28. The lowest BCUT2D eigenvalue weighted by molar-refractivity contribution is -0.117. The summed E-state index contributed by atoms with van der Waals surface area (Å²) in [5, 5.41) is 9.45. The van der Waals surface area contributed by atoms with Crippen LogP contribution in [0.4, 0.5) is 5.82 Å². The monoisotopic (exact) mass is 304 g/mol. The topological polar surface area (TPSA) is 53.4 Å². The van der Waals surface area contributed by atoms with E-state index in [1.54, 1.807) is 12.3 Å². The van der Waals surface area contributed by atoms with Crippen LogP contribution in [0.25, 0.3) is 0 Å². The van der Waals surface area contributed by atoms with Crippen LogP contribution in [0.3, 0.4) is 0 Å². The summed E-state index contributed by atoms with van der Waals surface area (Å²) < 4.78 is 0.770. The molecule has 6 heteroatoms. The Bertz CT molecular complexity index is 427. The number of aromatic nitrogens is 1. The first kappa shape index (κ1) is 11.8. The minimum Gasteiger partial charge on any atom is -0.396 e. The Morgan fingerprint density at radius 3 is 3.00 bits per heavy atom. The van der Waals surface area contributed by atoms with Crippen molar-refractivity contribution in [3.63, 3.8) is 0 Å².